The Labute approximate surface area is 197 Å². The molecular formula is C27H38N2O2S. The lowest BCUT2D eigenvalue weighted by atomic mass is 9.89. The number of aldehydes is 1. The molecule has 0 aromatic carbocycles. The van der Waals surface area contributed by atoms with Gasteiger partial charge in [0.05, 0.1) is 13.3 Å². The van der Waals surface area contributed by atoms with Crippen LogP contribution < -0.4 is 4.74 Å². The molecule has 0 N–H and O–H groups in total. The Morgan fingerprint density at radius 1 is 1.25 bits per heavy atom. The molecule has 0 atom stereocenters. The van der Waals surface area contributed by atoms with E-state index in [2.05, 4.69) is 57.1 Å². The number of rotatable bonds is 10. The molecule has 0 amide bonds. The molecule has 0 saturated carbocycles. The minimum atomic E-state index is -0.481. The predicted octanol–water partition coefficient (Wildman–Crippen LogP) is 7.17. The summed E-state index contributed by atoms with van der Waals surface area (Å²) in [6, 6.07) is 2.07. The van der Waals surface area contributed by atoms with Gasteiger partial charge in [-0.3, -0.25) is 0 Å². The van der Waals surface area contributed by atoms with Crippen LogP contribution in [0.3, 0.4) is 0 Å². The fourth-order valence-electron chi connectivity index (χ4n) is 3.46. The van der Waals surface area contributed by atoms with Crippen LogP contribution in [0.25, 0.3) is 11.0 Å². The lowest BCUT2D eigenvalue weighted by Crippen LogP contribution is -2.20. The van der Waals surface area contributed by atoms with Gasteiger partial charge in [0.25, 0.3) is 0 Å². The molecule has 0 radical (unpaired) electrons. The van der Waals surface area contributed by atoms with Crippen molar-refractivity contribution in [2.75, 3.05) is 7.11 Å². The predicted molar refractivity (Wildman–Crippen MR) is 138 cm³/mol. The molecule has 0 saturated heterocycles. The third-order valence-corrected chi connectivity index (χ3v) is 6.18. The Balaban J connectivity index is 2.81. The van der Waals surface area contributed by atoms with Gasteiger partial charge in [-0.2, -0.15) is 0 Å². The summed E-state index contributed by atoms with van der Waals surface area (Å²) in [5.41, 5.74) is 3.79. The summed E-state index contributed by atoms with van der Waals surface area (Å²) in [7, 11) is 1.66. The smallest absolute Gasteiger partial charge is 0.141 e. The number of fused-ring (bicyclic) bond motifs is 1. The first-order chi connectivity index (χ1) is 14.9. The van der Waals surface area contributed by atoms with Crippen molar-refractivity contribution in [2.45, 2.75) is 77.5 Å². The van der Waals surface area contributed by atoms with E-state index in [1.54, 1.807) is 13.3 Å². The van der Waals surface area contributed by atoms with Crippen LogP contribution in [-0.4, -0.2) is 27.7 Å². The van der Waals surface area contributed by atoms with E-state index >= 15 is 0 Å². The van der Waals surface area contributed by atoms with Crippen LogP contribution in [0, 0.1) is 5.41 Å². The number of allylic oxidation sites excluding steroid dienone is 5. The molecule has 0 spiro atoms. The van der Waals surface area contributed by atoms with Gasteiger partial charge in [0.1, 0.15) is 17.7 Å². The van der Waals surface area contributed by atoms with Crippen molar-refractivity contribution >= 4 is 29.1 Å². The standard InChI is InChI=1S/C27H38N2O2S/c1-10-11-20(13-12-19(2)3)17-29-23(15-27(7,8)18-30)24(32-26(4,5)6)22-14-21(31-9)16-28-25(22)29/h11-14,16,18H,2,10,15,17H2,1,3-9H3/b13-12-,20-11+. The monoisotopic (exact) mass is 454 g/mol. The van der Waals surface area contributed by atoms with Crippen LogP contribution >= 0.6 is 11.8 Å². The van der Waals surface area contributed by atoms with Crippen molar-refractivity contribution in [3.05, 3.63) is 53.9 Å². The van der Waals surface area contributed by atoms with Gasteiger partial charge in [-0.25, -0.2) is 4.98 Å². The Kier molecular flexibility index (Phi) is 8.58. The maximum atomic E-state index is 11.9. The zero-order chi connectivity index (χ0) is 24.1. The summed E-state index contributed by atoms with van der Waals surface area (Å²) in [5, 5.41) is 1.07. The summed E-state index contributed by atoms with van der Waals surface area (Å²) in [6.45, 7) is 19.4. The van der Waals surface area contributed by atoms with E-state index in [4.69, 9.17) is 9.72 Å². The molecule has 0 aliphatic carbocycles. The molecular weight excluding hydrogens is 416 g/mol. The number of carbonyl (C=O) groups excluding carboxylic acids is 1. The Bertz CT molecular complexity index is 1040. The Hall–Kier alpha value is -2.27. The minimum Gasteiger partial charge on any atom is -0.495 e. The third kappa shape index (κ3) is 6.86. The topological polar surface area (TPSA) is 44.1 Å². The summed E-state index contributed by atoms with van der Waals surface area (Å²) in [5.74, 6) is 0.734. The molecule has 2 rings (SSSR count). The van der Waals surface area contributed by atoms with Crippen molar-refractivity contribution in [3.63, 3.8) is 0 Å². The van der Waals surface area contributed by atoms with Crippen molar-refractivity contribution in [1.82, 2.24) is 9.55 Å². The maximum Gasteiger partial charge on any atom is 0.141 e. The number of thioether (sulfide) groups is 1. The molecule has 2 heterocycles. The highest BCUT2D eigenvalue weighted by Gasteiger charge is 2.28. The van der Waals surface area contributed by atoms with Crippen LogP contribution in [0.4, 0.5) is 0 Å². The maximum absolute atomic E-state index is 11.9. The average Bonchev–Trinajstić information content (AvgIpc) is 2.96. The Morgan fingerprint density at radius 2 is 1.94 bits per heavy atom. The van der Waals surface area contributed by atoms with E-state index in [1.165, 1.54) is 10.5 Å². The van der Waals surface area contributed by atoms with Crippen molar-refractivity contribution in [1.29, 1.82) is 0 Å². The van der Waals surface area contributed by atoms with Crippen LogP contribution in [0.5, 0.6) is 5.75 Å². The van der Waals surface area contributed by atoms with E-state index in [-0.39, 0.29) is 4.75 Å². The molecule has 2 aromatic heterocycles. The molecule has 0 fully saturated rings. The lowest BCUT2D eigenvalue weighted by molar-refractivity contribution is -0.114. The summed E-state index contributed by atoms with van der Waals surface area (Å²) in [4.78, 5) is 17.8. The van der Waals surface area contributed by atoms with Gasteiger partial charge in [0.15, 0.2) is 0 Å². The number of methoxy groups -OCH3 is 1. The average molecular weight is 455 g/mol. The van der Waals surface area contributed by atoms with E-state index in [0.29, 0.717) is 13.0 Å². The molecule has 5 heteroatoms. The summed E-state index contributed by atoms with van der Waals surface area (Å²) >= 11 is 1.82. The molecule has 0 aliphatic rings. The van der Waals surface area contributed by atoms with Gasteiger partial charge in [0, 0.05) is 39.1 Å². The van der Waals surface area contributed by atoms with Crippen molar-refractivity contribution < 1.29 is 9.53 Å². The first-order valence-electron chi connectivity index (χ1n) is 11.1. The summed E-state index contributed by atoms with van der Waals surface area (Å²) < 4.78 is 7.77. The first kappa shape index (κ1) is 26.0. The third-order valence-electron chi connectivity index (χ3n) is 4.90. The van der Waals surface area contributed by atoms with Gasteiger partial charge in [-0.15, -0.1) is 11.8 Å². The molecule has 0 aliphatic heterocycles. The number of pyridine rings is 1. The number of aromatic nitrogens is 2. The normalized spacial score (nSPS) is 13.2. The zero-order valence-corrected chi connectivity index (χ0v) is 21.7. The SMILES string of the molecule is C=C(C)/C=C\C(=C/CC)Cn1c(CC(C)(C)C=O)c(SC(C)(C)C)c2cc(OC)cnc21. The number of nitrogens with zero attached hydrogens (tertiary/aromatic N) is 2. The van der Waals surface area contributed by atoms with Gasteiger partial charge in [-0.1, -0.05) is 71.9 Å². The first-order valence-corrected chi connectivity index (χ1v) is 12.0. The zero-order valence-electron chi connectivity index (χ0n) is 20.9. The van der Waals surface area contributed by atoms with E-state index in [9.17, 15) is 4.79 Å². The van der Waals surface area contributed by atoms with Gasteiger partial charge >= 0.3 is 0 Å². The van der Waals surface area contributed by atoms with E-state index in [0.717, 1.165) is 40.8 Å². The van der Waals surface area contributed by atoms with E-state index in [1.807, 2.05) is 38.6 Å². The number of ether oxygens (including phenoxy) is 1. The molecule has 4 nitrogen and oxygen atoms in total. The lowest BCUT2D eigenvalue weighted by Gasteiger charge is -2.23. The molecule has 32 heavy (non-hydrogen) atoms. The highest BCUT2D eigenvalue weighted by Crippen LogP contribution is 2.43. The van der Waals surface area contributed by atoms with E-state index < -0.39 is 5.41 Å². The number of hydrogen-bond donors (Lipinski definition) is 0. The quantitative estimate of drug-likeness (QED) is 0.217. The van der Waals surface area contributed by atoms with Crippen LogP contribution in [0.2, 0.25) is 0 Å². The fraction of sp³-hybridized carbons (Fsp3) is 0.481. The second-order valence-corrected chi connectivity index (χ2v) is 11.8. The molecule has 0 unspecified atom stereocenters. The fourth-order valence-corrected chi connectivity index (χ4v) is 4.63. The highest BCUT2D eigenvalue weighted by molar-refractivity contribution is 8.00. The van der Waals surface area contributed by atoms with Crippen LogP contribution in [0.1, 0.15) is 60.6 Å². The molecule has 0 bridgehead atoms. The van der Waals surface area contributed by atoms with Crippen molar-refractivity contribution in [3.8, 4) is 5.75 Å². The minimum absolute atomic E-state index is 0.00417. The van der Waals surface area contributed by atoms with Crippen LogP contribution in [0.15, 0.2) is 53.1 Å². The summed E-state index contributed by atoms with van der Waals surface area (Å²) in [6.07, 6.45) is 10.8. The number of carbonyl (C=O) groups is 1. The molecule has 2 aromatic rings. The van der Waals surface area contributed by atoms with Gasteiger partial charge in [-0.05, 0) is 25.0 Å². The highest BCUT2D eigenvalue weighted by atomic mass is 32.2. The van der Waals surface area contributed by atoms with Crippen LogP contribution in [-0.2, 0) is 17.8 Å². The van der Waals surface area contributed by atoms with Crippen molar-refractivity contribution in [2.24, 2.45) is 5.41 Å². The molecule has 174 valence electrons. The largest absolute Gasteiger partial charge is 0.495 e. The Morgan fingerprint density at radius 3 is 2.47 bits per heavy atom. The second kappa shape index (κ2) is 10.6. The number of hydrogen-bond acceptors (Lipinski definition) is 4. The second-order valence-electron chi connectivity index (χ2n) is 9.97. The van der Waals surface area contributed by atoms with Gasteiger partial charge < -0.3 is 14.1 Å². The van der Waals surface area contributed by atoms with Gasteiger partial charge in [0.2, 0.25) is 0 Å².